The van der Waals surface area contributed by atoms with E-state index in [1.54, 1.807) is 0 Å². The summed E-state index contributed by atoms with van der Waals surface area (Å²) in [6.45, 7) is -1.20. The van der Waals surface area contributed by atoms with Gasteiger partial charge in [0.05, 0.1) is 28.6 Å². The molecule has 0 radical (unpaired) electrons. The highest BCUT2D eigenvalue weighted by Gasteiger charge is 2.33. The van der Waals surface area contributed by atoms with Crippen molar-refractivity contribution in [2.75, 3.05) is 31.2 Å². The smallest absolute Gasteiger partial charge is 0.325 e. The molecule has 2 rings (SSSR count). The fourth-order valence-corrected chi connectivity index (χ4v) is 2.34. The Labute approximate surface area is 127 Å². The molecule has 0 bridgehead atoms. The minimum absolute atomic E-state index is 0.0786. The summed E-state index contributed by atoms with van der Waals surface area (Å²) < 4.78 is 0. The van der Waals surface area contributed by atoms with Crippen LogP contribution in [0.1, 0.15) is 0 Å². The Morgan fingerprint density at radius 1 is 1.09 bits per heavy atom. The van der Waals surface area contributed by atoms with Gasteiger partial charge in [0.2, 0.25) is 0 Å². The highest BCUT2D eigenvalue weighted by molar-refractivity contribution is 5.97. The normalized spacial score (nSPS) is 10.9. The van der Waals surface area contributed by atoms with Gasteiger partial charge < -0.3 is 20.1 Å². The van der Waals surface area contributed by atoms with Crippen LogP contribution in [0.15, 0.2) is 10.9 Å². The average Bonchev–Trinajstić information content (AvgIpc) is 2.84. The number of aliphatic hydroxyl groups is 2. The monoisotopic (exact) mass is 327 g/mol. The van der Waals surface area contributed by atoms with Gasteiger partial charge in [0, 0.05) is 19.2 Å². The molecular weight excluding hydrogens is 314 g/mol. The maximum atomic E-state index is 11.4. The van der Waals surface area contributed by atoms with Crippen molar-refractivity contribution >= 4 is 28.1 Å². The lowest BCUT2D eigenvalue weighted by molar-refractivity contribution is -0.391. The van der Waals surface area contributed by atoms with Crippen molar-refractivity contribution in [3.05, 3.63) is 36.8 Å². The number of fused-ring (bicyclic) bond motifs is 1. The zero-order chi connectivity index (χ0) is 17.1. The molecule has 2 aromatic rings. The molecule has 124 valence electrons. The second-order valence-electron chi connectivity index (χ2n) is 4.54. The molecule has 0 saturated heterocycles. The van der Waals surface area contributed by atoms with Gasteiger partial charge in [-0.15, -0.1) is 0 Å². The Kier molecular flexibility index (Phi) is 4.57. The molecule has 0 unspecified atom stereocenters. The van der Waals surface area contributed by atoms with E-state index in [1.165, 1.54) is 0 Å². The number of aromatic nitrogens is 2. The average molecular weight is 327 g/mol. The topological polar surface area (TPSA) is 179 Å². The van der Waals surface area contributed by atoms with Crippen LogP contribution in [-0.4, -0.2) is 56.3 Å². The Morgan fingerprint density at radius 2 is 1.70 bits per heavy atom. The second-order valence-corrected chi connectivity index (χ2v) is 4.54. The number of nitrogens with zero attached hydrogens (tertiary/aromatic N) is 3. The molecule has 1 heterocycles. The number of hydrogen-bond donors (Lipinski definition) is 4. The molecule has 0 aliphatic heterocycles. The Hall–Kier alpha value is -2.99. The van der Waals surface area contributed by atoms with Gasteiger partial charge in [0.25, 0.3) is 0 Å². The van der Waals surface area contributed by atoms with Gasteiger partial charge in [-0.3, -0.25) is 25.2 Å². The lowest BCUT2D eigenvalue weighted by atomic mass is 10.1. The molecule has 1 aromatic carbocycles. The van der Waals surface area contributed by atoms with Gasteiger partial charge in [0.1, 0.15) is 5.52 Å². The Balaban J connectivity index is 2.88. The van der Waals surface area contributed by atoms with Gasteiger partial charge in [0.15, 0.2) is 5.69 Å². The first-order chi connectivity index (χ1) is 10.9. The molecule has 0 aliphatic carbocycles. The van der Waals surface area contributed by atoms with Crippen molar-refractivity contribution in [1.29, 1.82) is 0 Å². The zero-order valence-corrected chi connectivity index (χ0v) is 11.7. The summed E-state index contributed by atoms with van der Waals surface area (Å²) >= 11 is 0. The number of aromatic amines is 2. The number of H-pyrrole nitrogens is 2. The van der Waals surface area contributed by atoms with Crippen molar-refractivity contribution in [2.45, 2.75) is 0 Å². The third-order valence-electron chi connectivity index (χ3n) is 3.18. The summed E-state index contributed by atoms with van der Waals surface area (Å²) in [5, 5.41) is 40.9. The number of benzene rings is 1. The Bertz CT molecular complexity index is 805. The van der Waals surface area contributed by atoms with Crippen LogP contribution < -0.4 is 10.6 Å². The van der Waals surface area contributed by atoms with Crippen LogP contribution in [0.2, 0.25) is 0 Å². The summed E-state index contributed by atoms with van der Waals surface area (Å²) in [4.78, 5) is 38.0. The molecule has 0 aliphatic rings. The van der Waals surface area contributed by atoms with Crippen LogP contribution in [0.4, 0.5) is 17.1 Å². The Morgan fingerprint density at radius 3 is 2.17 bits per heavy atom. The SMILES string of the molecule is O=c1[nH]c2cc([N+](=O)[O-])c(N(CCO)CCO)c([N+](=O)[O-])c2[nH]1. The lowest BCUT2D eigenvalue weighted by Gasteiger charge is -2.22. The van der Waals surface area contributed by atoms with E-state index in [4.69, 9.17) is 10.2 Å². The number of anilines is 1. The van der Waals surface area contributed by atoms with E-state index in [9.17, 15) is 25.0 Å². The molecule has 0 saturated carbocycles. The number of aliphatic hydroxyl groups excluding tert-OH is 2. The van der Waals surface area contributed by atoms with Crippen molar-refractivity contribution in [2.24, 2.45) is 0 Å². The number of nitro benzene ring substituents is 2. The van der Waals surface area contributed by atoms with E-state index < -0.39 is 40.1 Å². The van der Waals surface area contributed by atoms with Gasteiger partial charge in [-0.05, 0) is 0 Å². The summed E-state index contributed by atoms with van der Waals surface area (Å²) in [6.07, 6.45) is 0. The predicted molar refractivity (Wildman–Crippen MR) is 78.6 cm³/mol. The van der Waals surface area contributed by atoms with Crippen LogP contribution in [0.25, 0.3) is 11.0 Å². The first-order valence-corrected chi connectivity index (χ1v) is 6.45. The molecule has 0 atom stereocenters. The van der Waals surface area contributed by atoms with Crippen molar-refractivity contribution in [3.63, 3.8) is 0 Å². The van der Waals surface area contributed by atoms with Gasteiger partial charge in [-0.2, -0.15) is 0 Å². The van der Waals surface area contributed by atoms with E-state index in [0.29, 0.717) is 0 Å². The van der Waals surface area contributed by atoms with Crippen molar-refractivity contribution in [3.8, 4) is 0 Å². The van der Waals surface area contributed by atoms with Crippen molar-refractivity contribution in [1.82, 2.24) is 9.97 Å². The third-order valence-corrected chi connectivity index (χ3v) is 3.18. The van der Waals surface area contributed by atoms with Crippen LogP contribution in [0, 0.1) is 20.2 Å². The molecular formula is C11H13N5O7. The zero-order valence-electron chi connectivity index (χ0n) is 11.7. The van der Waals surface area contributed by atoms with E-state index >= 15 is 0 Å². The molecule has 12 heteroatoms. The number of rotatable bonds is 7. The quantitative estimate of drug-likeness (QED) is 0.386. The number of hydrogen-bond acceptors (Lipinski definition) is 8. The summed E-state index contributed by atoms with van der Waals surface area (Å²) in [6, 6.07) is 0.997. The summed E-state index contributed by atoms with van der Waals surface area (Å²) in [7, 11) is 0. The first kappa shape index (κ1) is 16.4. The number of nitro groups is 2. The molecule has 4 N–H and O–H groups in total. The summed E-state index contributed by atoms with van der Waals surface area (Å²) in [5.41, 5.74) is -2.68. The lowest BCUT2D eigenvalue weighted by Crippen LogP contribution is -2.31. The van der Waals surface area contributed by atoms with Gasteiger partial charge >= 0.3 is 17.1 Å². The molecule has 1 aromatic heterocycles. The van der Waals surface area contributed by atoms with Gasteiger partial charge in [-0.25, -0.2) is 4.79 Å². The standard InChI is InChI=1S/C11H13N5O7/c17-3-1-14(2-4-18)9-7(15(20)21)5-6-8(10(9)16(22)23)13-11(19)12-6/h5,17-18H,1-4H2,(H2,12,13,19). The number of imidazole rings is 1. The van der Waals surface area contributed by atoms with E-state index in [2.05, 4.69) is 9.97 Å². The van der Waals surface area contributed by atoms with E-state index in [-0.39, 0.29) is 29.8 Å². The van der Waals surface area contributed by atoms with Crippen molar-refractivity contribution < 1.29 is 20.1 Å². The van der Waals surface area contributed by atoms with Crippen LogP contribution >= 0.6 is 0 Å². The molecule has 0 fully saturated rings. The minimum atomic E-state index is -0.851. The van der Waals surface area contributed by atoms with Gasteiger partial charge in [-0.1, -0.05) is 0 Å². The van der Waals surface area contributed by atoms with E-state index in [1.807, 2.05) is 0 Å². The highest BCUT2D eigenvalue weighted by atomic mass is 16.6. The molecule has 0 amide bonds. The van der Waals surface area contributed by atoms with E-state index in [0.717, 1.165) is 11.0 Å². The maximum Gasteiger partial charge on any atom is 0.325 e. The van der Waals surface area contributed by atoms with Crippen LogP contribution in [0.5, 0.6) is 0 Å². The minimum Gasteiger partial charge on any atom is -0.395 e. The van der Waals surface area contributed by atoms with Crippen LogP contribution in [0.3, 0.4) is 0 Å². The largest absolute Gasteiger partial charge is 0.395 e. The third kappa shape index (κ3) is 2.97. The fourth-order valence-electron chi connectivity index (χ4n) is 2.34. The maximum absolute atomic E-state index is 11.4. The second kappa shape index (κ2) is 6.41. The predicted octanol–water partition coefficient (Wildman–Crippen LogP) is -0.536. The molecule has 23 heavy (non-hydrogen) atoms. The molecule has 0 spiro atoms. The first-order valence-electron chi connectivity index (χ1n) is 6.45. The summed E-state index contributed by atoms with van der Waals surface area (Å²) in [5.74, 6) is 0. The highest BCUT2D eigenvalue weighted by Crippen LogP contribution is 2.41. The molecule has 12 nitrogen and oxygen atoms in total. The van der Waals surface area contributed by atoms with Crippen LogP contribution in [-0.2, 0) is 0 Å². The number of nitrogens with one attached hydrogen (secondary N) is 2. The fraction of sp³-hybridized carbons (Fsp3) is 0.364.